The van der Waals surface area contributed by atoms with Crippen LogP contribution in [0.15, 0.2) is 53.7 Å². The molecule has 3 N–H and O–H groups in total. The largest absolute Gasteiger partial charge is 0.390 e. The minimum absolute atomic E-state index is 0.129. The predicted molar refractivity (Wildman–Crippen MR) is 131 cm³/mol. The summed E-state index contributed by atoms with van der Waals surface area (Å²) in [6.45, 7) is 0.746. The van der Waals surface area contributed by atoms with E-state index in [2.05, 4.69) is 32.6 Å². The lowest BCUT2D eigenvalue weighted by molar-refractivity contribution is 0.0750. The molecule has 0 saturated heterocycles. The van der Waals surface area contributed by atoms with Crippen molar-refractivity contribution in [2.75, 3.05) is 18.7 Å². The molecule has 2 aromatic rings. The zero-order valence-electron chi connectivity index (χ0n) is 17.3. The summed E-state index contributed by atoms with van der Waals surface area (Å²) in [5.41, 5.74) is 1.43. The first-order valence-electron chi connectivity index (χ1n) is 9.75. The minimum atomic E-state index is -3.53. The maximum Gasteiger partial charge on any atom is 0.230 e. The van der Waals surface area contributed by atoms with Crippen molar-refractivity contribution in [1.29, 1.82) is 0 Å². The first-order valence-corrected chi connectivity index (χ1v) is 13.8. The SMILES string of the molecule is CS(=O)(=O)NC1=CSCN1C(Cc1cc(F)cc(F)c1)C(O)CNCc1cccc(I)c1. The lowest BCUT2D eigenvalue weighted by atomic mass is 9.99. The van der Waals surface area contributed by atoms with E-state index in [1.807, 2.05) is 24.3 Å². The fourth-order valence-electron chi connectivity index (χ4n) is 3.45. The fraction of sp³-hybridized carbons (Fsp3) is 0.333. The Hall–Kier alpha value is -1.41. The molecule has 2 atom stereocenters. The number of benzene rings is 2. The highest BCUT2D eigenvalue weighted by Gasteiger charge is 2.31. The van der Waals surface area contributed by atoms with Gasteiger partial charge in [-0.3, -0.25) is 4.72 Å². The van der Waals surface area contributed by atoms with Gasteiger partial charge in [0.15, 0.2) is 0 Å². The lowest BCUT2D eigenvalue weighted by Gasteiger charge is -2.35. The lowest BCUT2D eigenvalue weighted by Crippen LogP contribution is -2.49. The molecule has 1 heterocycles. The summed E-state index contributed by atoms with van der Waals surface area (Å²) in [4.78, 5) is 1.71. The first-order chi connectivity index (χ1) is 15.1. The molecule has 0 fully saturated rings. The van der Waals surface area contributed by atoms with Gasteiger partial charge in [-0.05, 0) is 64.4 Å². The van der Waals surface area contributed by atoms with Gasteiger partial charge in [-0.15, -0.1) is 11.8 Å². The third-order valence-corrected chi connectivity index (χ3v) is 6.86. The second-order valence-electron chi connectivity index (χ2n) is 7.52. The zero-order valence-corrected chi connectivity index (χ0v) is 21.1. The second-order valence-corrected chi connectivity index (χ2v) is 11.3. The van der Waals surface area contributed by atoms with Crippen LogP contribution in [0.1, 0.15) is 11.1 Å². The summed E-state index contributed by atoms with van der Waals surface area (Å²) in [6.07, 6.45) is 0.238. The van der Waals surface area contributed by atoms with Crippen molar-refractivity contribution in [3.63, 3.8) is 0 Å². The zero-order chi connectivity index (χ0) is 23.3. The van der Waals surface area contributed by atoms with Crippen molar-refractivity contribution < 1.29 is 22.3 Å². The molecule has 0 bridgehead atoms. The van der Waals surface area contributed by atoms with Crippen molar-refractivity contribution in [1.82, 2.24) is 14.9 Å². The average Bonchev–Trinajstić information content (AvgIpc) is 3.11. The highest BCUT2D eigenvalue weighted by atomic mass is 127. The average molecular weight is 595 g/mol. The Kier molecular flexibility index (Phi) is 8.78. The topological polar surface area (TPSA) is 81.7 Å². The standard InChI is InChI=1S/C21H24F2IN3O3S2/c1-32(29,30)26-21-12-31-13-27(21)19(8-15-5-16(22)9-17(23)6-15)20(28)11-25-10-14-3-2-4-18(24)7-14/h2-7,9,12,19-20,25-26,28H,8,10-11,13H2,1H3. The molecule has 6 nitrogen and oxygen atoms in total. The number of aliphatic hydroxyl groups is 1. The molecule has 0 aliphatic carbocycles. The van der Waals surface area contributed by atoms with Crippen LogP contribution >= 0.6 is 34.4 Å². The number of halogens is 3. The smallest absolute Gasteiger partial charge is 0.230 e. The molecular weight excluding hydrogens is 571 g/mol. The molecule has 1 aliphatic heterocycles. The Bertz CT molecular complexity index is 1070. The van der Waals surface area contributed by atoms with Gasteiger partial charge in [0, 0.05) is 28.1 Å². The molecular formula is C21H24F2IN3O3S2. The summed E-state index contributed by atoms with van der Waals surface area (Å²) < 4.78 is 54.6. The summed E-state index contributed by atoms with van der Waals surface area (Å²) in [5, 5.41) is 15.9. The van der Waals surface area contributed by atoms with Crippen molar-refractivity contribution in [2.24, 2.45) is 0 Å². The van der Waals surface area contributed by atoms with E-state index in [1.54, 1.807) is 10.3 Å². The van der Waals surface area contributed by atoms with E-state index in [-0.39, 0.29) is 13.0 Å². The van der Waals surface area contributed by atoms with Crippen LogP contribution in [0.3, 0.4) is 0 Å². The molecule has 3 rings (SSSR count). The quantitative estimate of drug-likeness (QED) is 0.367. The number of thioether (sulfide) groups is 1. The van der Waals surface area contributed by atoms with Crippen LogP contribution in [0.5, 0.6) is 0 Å². The van der Waals surface area contributed by atoms with Crippen molar-refractivity contribution in [2.45, 2.75) is 25.1 Å². The highest BCUT2D eigenvalue weighted by molar-refractivity contribution is 14.1. The van der Waals surface area contributed by atoms with E-state index >= 15 is 0 Å². The molecule has 0 saturated carbocycles. The molecule has 174 valence electrons. The number of nitrogens with one attached hydrogen (secondary N) is 2. The third-order valence-electron chi connectivity index (χ3n) is 4.79. The Morgan fingerprint density at radius 3 is 2.56 bits per heavy atom. The van der Waals surface area contributed by atoms with Gasteiger partial charge in [-0.25, -0.2) is 17.2 Å². The van der Waals surface area contributed by atoms with Gasteiger partial charge in [0.1, 0.15) is 17.5 Å². The van der Waals surface area contributed by atoms with Gasteiger partial charge in [0.05, 0.1) is 24.3 Å². The van der Waals surface area contributed by atoms with Crippen molar-refractivity contribution in [3.8, 4) is 0 Å². The van der Waals surface area contributed by atoms with Gasteiger partial charge in [-0.2, -0.15) is 0 Å². The Morgan fingerprint density at radius 2 is 1.91 bits per heavy atom. The molecule has 0 amide bonds. The fourth-order valence-corrected chi connectivity index (χ4v) is 5.61. The summed E-state index contributed by atoms with van der Waals surface area (Å²) >= 11 is 3.60. The Morgan fingerprint density at radius 1 is 1.19 bits per heavy atom. The maximum absolute atomic E-state index is 13.7. The van der Waals surface area contributed by atoms with E-state index in [1.165, 1.54) is 23.9 Å². The second kappa shape index (κ2) is 11.1. The molecule has 32 heavy (non-hydrogen) atoms. The van der Waals surface area contributed by atoms with E-state index in [4.69, 9.17) is 0 Å². The van der Waals surface area contributed by atoms with Gasteiger partial charge in [-0.1, -0.05) is 12.1 Å². The minimum Gasteiger partial charge on any atom is -0.390 e. The van der Waals surface area contributed by atoms with Crippen LogP contribution in [0.2, 0.25) is 0 Å². The van der Waals surface area contributed by atoms with Crippen molar-refractivity contribution in [3.05, 3.63) is 80.0 Å². The third kappa shape index (κ3) is 7.58. The molecule has 11 heteroatoms. The highest BCUT2D eigenvalue weighted by Crippen LogP contribution is 2.28. The van der Waals surface area contributed by atoms with Crippen LogP contribution < -0.4 is 10.0 Å². The van der Waals surface area contributed by atoms with E-state index < -0.39 is 33.8 Å². The Balaban J connectivity index is 1.76. The summed E-state index contributed by atoms with van der Waals surface area (Å²) in [7, 11) is -3.53. The maximum atomic E-state index is 13.7. The van der Waals surface area contributed by atoms with Crippen LogP contribution in [-0.4, -0.2) is 49.2 Å². The van der Waals surface area contributed by atoms with Gasteiger partial charge >= 0.3 is 0 Å². The van der Waals surface area contributed by atoms with E-state index in [0.717, 1.165) is 21.5 Å². The Labute approximate surface area is 204 Å². The molecule has 2 unspecified atom stereocenters. The normalized spacial score (nSPS) is 16.0. The molecule has 0 radical (unpaired) electrons. The van der Waals surface area contributed by atoms with Gasteiger partial charge in [0.2, 0.25) is 10.0 Å². The number of hydrogen-bond donors (Lipinski definition) is 3. The predicted octanol–water partition coefficient (Wildman–Crippen LogP) is 2.99. The number of rotatable bonds is 10. The number of nitrogens with zero attached hydrogens (tertiary/aromatic N) is 1. The van der Waals surface area contributed by atoms with Crippen LogP contribution in [0, 0.1) is 15.2 Å². The number of aliphatic hydroxyl groups excluding tert-OH is 1. The van der Waals surface area contributed by atoms with Crippen LogP contribution in [-0.2, 0) is 23.0 Å². The number of hydrogen-bond acceptors (Lipinski definition) is 6. The first kappa shape index (κ1) is 25.2. The number of sulfonamides is 1. The molecule has 2 aromatic carbocycles. The van der Waals surface area contributed by atoms with Crippen LogP contribution in [0.4, 0.5) is 8.78 Å². The van der Waals surface area contributed by atoms with E-state index in [9.17, 15) is 22.3 Å². The van der Waals surface area contributed by atoms with Crippen molar-refractivity contribution >= 4 is 44.4 Å². The molecule has 1 aliphatic rings. The molecule has 0 aromatic heterocycles. The molecule has 0 spiro atoms. The monoisotopic (exact) mass is 595 g/mol. The summed E-state index contributed by atoms with van der Waals surface area (Å²) in [5.74, 6) is -0.679. The van der Waals surface area contributed by atoms with Gasteiger partial charge in [0.25, 0.3) is 0 Å². The summed E-state index contributed by atoms with van der Waals surface area (Å²) in [6, 6.07) is 10.6. The van der Waals surface area contributed by atoms with Crippen LogP contribution in [0.25, 0.3) is 0 Å². The van der Waals surface area contributed by atoms with E-state index in [0.29, 0.717) is 23.8 Å². The van der Waals surface area contributed by atoms with Gasteiger partial charge < -0.3 is 15.3 Å².